The summed E-state index contributed by atoms with van der Waals surface area (Å²) in [6.45, 7) is 4.92. The lowest BCUT2D eigenvalue weighted by molar-refractivity contribution is 0.254. The van der Waals surface area contributed by atoms with Gasteiger partial charge in [-0.25, -0.2) is 9.97 Å². The highest BCUT2D eigenvalue weighted by Crippen LogP contribution is 2.22. The van der Waals surface area contributed by atoms with Crippen LogP contribution in [0.1, 0.15) is 32.6 Å². The van der Waals surface area contributed by atoms with Crippen LogP contribution in [0.25, 0.3) is 0 Å². The van der Waals surface area contributed by atoms with E-state index < -0.39 is 0 Å². The van der Waals surface area contributed by atoms with Crippen molar-refractivity contribution in [2.45, 2.75) is 43.8 Å². The number of anilines is 2. The molecule has 0 amide bonds. The topological polar surface area (TPSA) is 53.1 Å². The monoisotopic (exact) mass is 309 g/mol. The fraction of sp³-hybridized carbons (Fsp3) is 0.733. The molecule has 1 aromatic rings. The fourth-order valence-corrected chi connectivity index (χ4v) is 3.15. The van der Waals surface area contributed by atoms with E-state index in [4.69, 9.17) is 0 Å². The van der Waals surface area contributed by atoms with E-state index in [-0.39, 0.29) is 0 Å². The van der Waals surface area contributed by atoms with E-state index >= 15 is 0 Å². The van der Waals surface area contributed by atoms with Crippen molar-refractivity contribution in [3.8, 4) is 0 Å². The van der Waals surface area contributed by atoms with Gasteiger partial charge in [-0.15, -0.1) is 0 Å². The van der Waals surface area contributed by atoms with Crippen molar-refractivity contribution in [2.75, 3.05) is 43.6 Å². The van der Waals surface area contributed by atoms with Gasteiger partial charge in [0.1, 0.15) is 11.6 Å². The molecular formula is C15H27N5S. The van der Waals surface area contributed by atoms with Gasteiger partial charge in [-0.3, -0.25) is 0 Å². The van der Waals surface area contributed by atoms with Gasteiger partial charge in [-0.2, -0.15) is 0 Å². The molecule has 1 saturated carbocycles. The normalized spacial score (nSPS) is 15.6. The van der Waals surface area contributed by atoms with Crippen LogP contribution < -0.4 is 10.6 Å². The van der Waals surface area contributed by atoms with Crippen molar-refractivity contribution in [1.29, 1.82) is 0 Å². The van der Waals surface area contributed by atoms with Gasteiger partial charge >= 0.3 is 0 Å². The van der Waals surface area contributed by atoms with Crippen LogP contribution in [-0.4, -0.2) is 53.8 Å². The molecule has 0 bridgehead atoms. The van der Waals surface area contributed by atoms with E-state index in [1.165, 1.54) is 25.7 Å². The zero-order valence-corrected chi connectivity index (χ0v) is 14.2. The standard InChI is InChI=1S/C15H27N5S/c1-4-16-13-11-14(19-15(18-13)21-3)17-9-10-20(2)12-7-5-6-8-12/h11-12H,4-10H2,1-3H3,(H2,16,17,18,19). The van der Waals surface area contributed by atoms with Gasteiger partial charge in [0.05, 0.1) is 0 Å². The largest absolute Gasteiger partial charge is 0.370 e. The Balaban J connectivity index is 1.85. The Hall–Kier alpha value is -1.01. The predicted octanol–water partition coefficient (Wildman–Crippen LogP) is 2.92. The summed E-state index contributed by atoms with van der Waals surface area (Å²) in [6, 6.07) is 2.76. The van der Waals surface area contributed by atoms with Crippen molar-refractivity contribution >= 4 is 23.4 Å². The second-order valence-corrected chi connectivity index (χ2v) is 6.27. The van der Waals surface area contributed by atoms with Crippen molar-refractivity contribution in [3.05, 3.63) is 6.07 Å². The minimum absolute atomic E-state index is 0.774. The lowest BCUT2D eigenvalue weighted by Gasteiger charge is -2.24. The van der Waals surface area contributed by atoms with Crippen LogP contribution in [0.4, 0.5) is 11.6 Å². The first-order valence-corrected chi connectivity index (χ1v) is 9.06. The summed E-state index contributed by atoms with van der Waals surface area (Å²) >= 11 is 1.57. The van der Waals surface area contributed by atoms with Crippen LogP contribution in [0.5, 0.6) is 0 Å². The average Bonchev–Trinajstić information content (AvgIpc) is 3.01. The van der Waals surface area contributed by atoms with Gasteiger partial charge in [0.25, 0.3) is 0 Å². The number of hydrogen-bond acceptors (Lipinski definition) is 6. The van der Waals surface area contributed by atoms with E-state index in [2.05, 4.69) is 39.5 Å². The molecule has 6 heteroatoms. The van der Waals surface area contributed by atoms with E-state index in [1.54, 1.807) is 11.8 Å². The van der Waals surface area contributed by atoms with Crippen LogP contribution in [0.3, 0.4) is 0 Å². The second-order valence-electron chi connectivity index (χ2n) is 5.50. The van der Waals surface area contributed by atoms with Gasteiger partial charge in [0.15, 0.2) is 5.16 Å². The summed E-state index contributed by atoms with van der Waals surface area (Å²) in [5.41, 5.74) is 0. The van der Waals surface area contributed by atoms with Crippen molar-refractivity contribution < 1.29 is 0 Å². The molecule has 1 aromatic heterocycles. The third-order valence-electron chi connectivity index (χ3n) is 3.96. The minimum Gasteiger partial charge on any atom is -0.370 e. The number of nitrogens with one attached hydrogen (secondary N) is 2. The van der Waals surface area contributed by atoms with E-state index in [0.29, 0.717) is 0 Å². The molecule has 1 aliphatic rings. The van der Waals surface area contributed by atoms with Crippen molar-refractivity contribution in [3.63, 3.8) is 0 Å². The first-order chi connectivity index (χ1) is 10.2. The van der Waals surface area contributed by atoms with Gasteiger partial charge in [0, 0.05) is 31.7 Å². The van der Waals surface area contributed by atoms with Crippen LogP contribution in [0.2, 0.25) is 0 Å². The molecule has 1 heterocycles. The fourth-order valence-electron chi connectivity index (χ4n) is 2.77. The second kappa shape index (κ2) is 8.44. The highest BCUT2D eigenvalue weighted by molar-refractivity contribution is 7.98. The maximum atomic E-state index is 4.51. The Morgan fingerprint density at radius 3 is 2.52 bits per heavy atom. The van der Waals surface area contributed by atoms with E-state index in [0.717, 1.165) is 42.5 Å². The Labute approximate surface area is 132 Å². The maximum Gasteiger partial charge on any atom is 0.191 e. The molecule has 0 unspecified atom stereocenters. The zero-order valence-electron chi connectivity index (χ0n) is 13.4. The number of rotatable bonds is 8. The molecule has 2 rings (SSSR count). The molecule has 0 spiro atoms. The molecule has 21 heavy (non-hydrogen) atoms. The molecule has 5 nitrogen and oxygen atoms in total. The molecule has 0 saturated heterocycles. The average molecular weight is 309 g/mol. The number of likely N-dealkylation sites (N-methyl/N-ethyl adjacent to an activating group) is 1. The zero-order chi connectivity index (χ0) is 15.1. The lowest BCUT2D eigenvalue weighted by Crippen LogP contribution is -2.33. The number of thioether (sulfide) groups is 1. The molecule has 0 aliphatic heterocycles. The van der Waals surface area contributed by atoms with E-state index in [1.807, 2.05) is 12.3 Å². The number of hydrogen-bond donors (Lipinski definition) is 2. The van der Waals surface area contributed by atoms with Crippen LogP contribution >= 0.6 is 11.8 Å². The summed E-state index contributed by atoms with van der Waals surface area (Å²) in [5.74, 6) is 1.80. The van der Waals surface area contributed by atoms with Gasteiger partial charge in [-0.1, -0.05) is 24.6 Å². The third kappa shape index (κ3) is 5.04. The quantitative estimate of drug-likeness (QED) is 0.569. The first-order valence-electron chi connectivity index (χ1n) is 7.84. The Morgan fingerprint density at radius 1 is 1.24 bits per heavy atom. The summed E-state index contributed by atoms with van der Waals surface area (Å²) in [6.07, 6.45) is 7.48. The van der Waals surface area contributed by atoms with Crippen LogP contribution in [0.15, 0.2) is 11.2 Å². The van der Waals surface area contributed by atoms with Gasteiger partial charge in [-0.05, 0) is 33.1 Å². The highest BCUT2D eigenvalue weighted by atomic mass is 32.2. The molecule has 118 valence electrons. The smallest absolute Gasteiger partial charge is 0.191 e. The molecule has 2 N–H and O–H groups in total. The van der Waals surface area contributed by atoms with Crippen molar-refractivity contribution in [1.82, 2.24) is 14.9 Å². The Kier molecular flexibility index (Phi) is 6.57. The highest BCUT2D eigenvalue weighted by Gasteiger charge is 2.18. The molecule has 0 aromatic carbocycles. The molecule has 1 aliphatic carbocycles. The van der Waals surface area contributed by atoms with Crippen molar-refractivity contribution in [2.24, 2.45) is 0 Å². The van der Waals surface area contributed by atoms with Crippen LogP contribution in [0, 0.1) is 0 Å². The SMILES string of the molecule is CCNc1cc(NCCN(C)C2CCCC2)nc(SC)n1. The van der Waals surface area contributed by atoms with Crippen LogP contribution in [-0.2, 0) is 0 Å². The minimum atomic E-state index is 0.774. The Morgan fingerprint density at radius 2 is 1.90 bits per heavy atom. The first kappa shape index (κ1) is 16.4. The summed E-state index contributed by atoms with van der Waals surface area (Å²) in [7, 11) is 2.23. The Bertz CT molecular complexity index is 434. The van der Waals surface area contributed by atoms with Gasteiger partial charge < -0.3 is 15.5 Å². The predicted molar refractivity (Wildman–Crippen MR) is 91.4 cm³/mol. The number of aromatic nitrogens is 2. The molecular weight excluding hydrogens is 282 g/mol. The molecule has 0 radical (unpaired) electrons. The summed E-state index contributed by atoms with van der Waals surface area (Å²) in [4.78, 5) is 11.4. The maximum absolute atomic E-state index is 4.51. The lowest BCUT2D eigenvalue weighted by atomic mass is 10.2. The molecule has 1 fully saturated rings. The van der Waals surface area contributed by atoms with Gasteiger partial charge in [0.2, 0.25) is 0 Å². The third-order valence-corrected chi connectivity index (χ3v) is 4.51. The van der Waals surface area contributed by atoms with E-state index in [9.17, 15) is 0 Å². The molecule has 0 atom stereocenters. The summed E-state index contributed by atoms with van der Waals surface area (Å²) < 4.78 is 0. The number of nitrogens with zero attached hydrogens (tertiary/aromatic N) is 3. The summed E-state index contributed by atoms with van der Waals surface area (Å²) in [5, 5.41) is 7.48.